The van der Waals surface area contributed by atoms with Crippen LogP contribution < -0.4 is 5.32 Å². The molecule has 0 aliphatic carbocycles. The molecule has 7 nitrogen and oxygen atoms in total. The molecule has 1 atom stereocenters. The van der Waals surface area contributed by atoms with Gasteiger partial charge >= 0.3 is 11.9 Å². The smallest absolute Gasteiger partial charge is 0.326 e. The van der Waals surface area contributed by atoms with E-state index in [4.69, 9.17) is 10.2 Å². The summed E-state index contributed by atoms with van der Waals surface area (Å²) in [6, 6.07) is 4.73. The summed E-state index contributed by atoms with van der Waals surface area (Å²) in [5.74, 6) is -2.61. The Kier molecular flexibility index (Phi) is 5.94. The van der Waals surface area contributed by atoms with Gasteiger partial charge in [-0.25, -0.2) is 4.79 Å². The van der Waals surface area contributed by atoms with Crippen molar-refractivity contribution >= 4 is 23.9 Å². The number of carboxylic acid groups (broad SMARTS) is 1. The van der Waals surface area contributed by atoms with Crippen molar-refractivity contribution in [2.75, 3.05) is 7.11 Å². The van der Waals surface area contributed by atoms with Crippen molar-refractivity contribution in [3.8, 4) is 5.75 Å². The molecule has 1 rings (SSSR count). The Bertz CT molecular complexity index is 549. The van der Waals surface area contributed by atoms with E-state index in [9.17, 15) is 14.4 Å². The van der Waals surface area contributed by atoms with Crippen LogP contribution in [-0.4, -0.2) is 41.2 Å². The van der Waals surface area contributed by atoms with E-state index in [1.807, 2.05) is 0 Å². The molecule has 21 heavy (non-hydrogen) atoms. The largest absolute Gasteiger partial charge is 0.508 e. The number of rotatable bonds is 6. The van der Waals surface area contributed by atoms with Crippen molar-refractivity contribution in [1.82, 2.24) is 5.32 Å². The standard InChI is InChI=1S/C14H15NO6/c1-21-13(18)8-11(14(19)20)15-12(17)7-4-9-2-5-10(16)6-3-9/h2-7,11,16H,8H2,1H3,(H,15,17)(H,19,20)/t11-/m0/s1. The lowest BCUT2D eigenvalue weighted by Gasteiger charge is -2.11. The molecule has 0 fully saturated rings. The number of aliphatic carboxylic acids is 1. The number of phenolic OH excluding ortho intramolecular Hbond substituents is 1. The van der Waals surface area contributed by atoms with E-state index < -0.39 is 30.3 Å². The van der Waals surface area contributed by atoms with Crippen LogP contribution in [0.15, 0.2) is 30.3 Å². The minimum atomic E-state index is -1.35. The maximum atomic E-state index is 11.6. The summed E-state index contributed by atoms with van der Waals surface area (Å²) in [4.78, 5) is 33.6. The van der Waals surface area contributed by atoms with Crippen LogP contribution in [0, 0.1) is 0 Å². The Labute approximate surface area is 120 Å². The fourth-order valence-corrected chi connectivity index (χ4v) is 1.43. The number of amides is 1. The van der Waals surface area contributed by atoms with Crippen molar-refractivity contribution in [1.29, 1.82) is 0 Å². The fourth-order valence-electron chi connectivity index (χ4n) is 1.43. The summed E-state index contributed by atoms with van der Waals surface area (Å²) in [7, 11) is 1.13. The lowest BCUT2D eigenvalue weighted by molar-refractivity contribution is -0.148. The number of hydrogen-bond donors (Lipinski definition) is 3. The molecule has 0 spiro atoms. The Morgan fingerprint density at radius 3 is 2.43 bits per heavy atom. The molecule has 1 aromatic rings. The Morgan fingerprint density at radius 2 is 1.90 bits per heavy atom. The quantitative estimate of drug-likeness (QED) is 0.521. The average molecular weight is 293 g/mol. The zero-order valence-electron chi connectivity index (χ0n) is 11.3. The van der Waals surface area contributed by atoms with E-state index in [1.165, 1.54) is 18.2 Å². The predicted molar refractivity (Wildman–Crippen MR) is 73.3 cm³/mol. The molecule has 112 valence electrons. The summed E-state index contributed by atoms with van der Waals surface area (Å²) >= 11 is 0. The number of phenols is 1. The SMILES string of the molecule is COC(=O)C[C@H](NC(=O)C=Cc1ccc(O)cc1)C(=O)O. The summed E-state index contributed by atoms with van der Waals surface area (Å²) in [6.45, 7) is 0. The minimum Gasteiger partial charge on any atom is -0.508 e. The molecule has 0 bridgehead atoms. The maximum Gasteiger partial charge on any atom is 0.326 e. The second-order valence-corrected chi connectivity index (χ2v) is 4.10. The predicted octanol–water partition coefficient (Wildman–Crippen LogP) is 0.538. The number of nitrogens with one attached hydrogen (secondary N) is 1. The second-order valence-electron chi connectivity index (χ2n) is 4.10. The zero-order valence-corrected chi connectivity index (χ0v) is 11.3. The third-order valence-corrected chi connectivity index (χ3v) is 2.53. The molecule has 7 heteroatoms. The molecule has 1 amide bonds. The average Bonchev–Trinajstić information content (AvgIpc) is 2.45. The van der Waals surface area contributed by atoms with E-state index in [-0.39, 0.29) is 5.75 Å². The summed E-state index contributed by atoms with van der Waals surface area (Å²) in [5, 5.41) is 20.2. The highest BCUT2D eigenvalue weighted by atomic mass is 16.5. The minimum absolute atomic E-state index is 0.0978. The molecule has 0 unspecified atom stereocenters. The van der Waals surface area contributed by atoms with Crippen molar-refractivity contribution < 1.29 is 29.3 Å². The first kappa shape index (κ1) is 16.2. The van der Waals surface area contributed by atoms with Crippen LogP contribution >= 0.6 is 0 Å². The molecular weight excluding hydrogens is 278 g/mol. The van der Waals surface area contributed by atoms with Crippen LogP contribution in [0.25, 0.3) is 6.08 Å². The molecule has 0 saturated carbocycles. The highest BCUT2D eigenvalue weighted by molar-refractivity contribution is 5.95. The maximum absolute atomic E-state index is 11.6. The highest BCUT2D eigenvalue weighted by Gasteiger charge is 2.22. The van der Waals surface area contributed by atoms with Gasteiger partial charge in [0.25, 0.3) is 0 Å². The molecule has 0 aromatic heterocycles. The van der Waals surface area contributed by atoms with Gasteiger partial charge in [-0.05, 0) is 23.8 Å². The van der Waals surface area contributed by atoms with Crippen molar-refractivity contribution in [3.05, 3.63) is 35.9 Å². The molecule has 0 aliphatic rings. The van der Waals surface area contributed by atoms with E-state index >= 15 is 0 Å². The first-order valence-electron chi connectivity index (χ1n) is 5.99. The van der Waals surface area contributed by atoms with Gasteiger partial charge in [-0.3, -0.25) is 9.59 Å². The zero-order chi connectivity index (χ0) is 15.8. The lowest BCUT2D eigenvalue weighted by atomic mass is 10.2. The van der Waals surface area contributed by atoms with Gasteiger partial charge in [0.05, 0.1) is 13.5 Å². The van der Waals surface area contributed by atoms with Crippen molar-refractivity contribution in [2.24, 2.45) is 0 Å². The van der Waals surface area contributed by atoms with Gasteiger partial charge in [-0.1, -0.05) is 12.1 Å². The van der Waals surface area contributed by atoms with Crippen LogP contribution in [0.5, 0.6) is 5.75 Å². The summed E-state index contributed by atoms with van der Waals surface area (Å²) in [5.41, 5.74) is 0.655. The van der Waals surface area contributed by atoms with Gasteiger partial charge in [0.2, 0.25) is 5.91 Å². The first-order chi connectivity index (χ1) is 9.92. The van der Waals surface area contributed by atoms with E-state index in [0.717, 1.165) is 13.2 Å². The number of benzene rings is 1. The molecule has 0 radical (unpaired) electrons. The molecule has 0 aliphatic heterocycles. The summed E-state index contributed by atoms with van der Waals surface area (Å²) in [6.07, 6.45) is 2.13. The highest BCUT2D eigenvalue weighted by Crippen LogP contribution is 2.10. The second kappa shape index (κ2) is 7.68. The number of esters is 1. The summed E-state index contributed by atoms with van der Waals surface area (Å²) < 4.78 is 4.36. The number of carbonyl (C=O) groups is 3. The van der Waals surface area contributed by atoms with Crippen LogP contribution in [-0.2, 0) is 19.1 Å². The molecule has 0 saturated heterocycles. The number of ether oxygens (including phenoxy) is 1. The molecular formula is C14H15NO6. The Balaban J connectivity index is 2.63. The Morgan fingerprint density at radius 1 is 1.29 bits per heavy atom. The fraction of sp³-hybridized carbons (Fsp3) is 0.214. The van der Waals surface area contributed by atoms with Gasteiger partial charge < -0.3 is 20.3 Å². The van der Waals surface area contributed by atoms with E-state index in [1.54, 1.807) is 12.1 Å². The molecule has 0 heterocycles. The number of hydrogen-bond acceptors (Lipinski definition) is 5. The van der Waals surface area contributed by atoms with Crippen LogP contribution in [0.2, 0.25) is 0 Å². The van der Waals surface area contributed by atoms with Gasteiger partial charge in [0.1, 0.15) is 11.8 Å². The molecule has 3 N–H and O–H groups in total. The third kappa shape index (κ3) is 5.77. The number of methoxy groups -OCH3 is 1. The van der Waals surface area contributed by atoms with Crippen molar-refractivity contribution in [3.63, 3.8) is 0 Å². The topological polar surface area (TPSA) is 113 Å². The number of aromatic hydroxyl groups is 1. The number of carbonyl (C=O) groups excluding carboxylic acids is 2. The van der Waals surface area contributed by atoms with Gasteiger partial charge in [0, 0.05) is 6.08 Å². The van der Waals surface area contributed by atoms with Crippen LogP contribution in [0.4, 0.5) is 0 Å². The van der Waals surface area contributed by atoms with Crippen LogP contribution in [0.3, 0.4) is 0 Å². The normalized spacial score (nSPS) is 11.9. The monoisotopic (exact) mass is 293 g/mol. The lowest BCUT2D eigenvalue weighted by Crippen LogP contribution is -2.41. The van der Waals surface area contributed by atoms with Gasteiger partial charge in [0.15, 0.2) is 0 Å². The van der Waals surface area contributed by atoms with Crippen LogP contribution in [0.1, 0.15) is 12.0 Å². The van der Waals surface area contributed by atoms with Gasteiger partial charge in [-0.2, -0.15) is 0 Å². The Hall–Kier alpha value is -2.83. The van der Waals surface area contributed by atoms with Crippen molar-refractivity contribution in [2.45, 2.75) is 12.5 Å². The third-order valence-electron chi connectivity index (χ3n) is 2.53. The number of carboxylic acids is 1. The first-order valence-corrected chi connectivity index (χ1v) is 5.99. The molecule has 1 aromatic carbocycles. The van der Waals surface area contributed by atoms with Gasteiger partial charge in [-0.15, -0.1) is 0 Å². The van der Waals surface area contributed by atoms with E-state index in [0.29, 0.717) is 5.56 Å². The van der Waals surface area contributed by atoms with E-state index in [2.05, 4.69) is 10.1 Å².